The number of aryl methyl sites for hydroxylation is 1. The van der Waals surface area contributed by atoms with Crippen LogP contribution in [-0.2, 0) is 16.6 Å². The van der Waals surface area contributed by atoms with Crippen molar-refractivity contribution in [3.05, 3.63) is 95.0 Å². The zero-order valence-electron chi connectivity index (χ0n) is 13.8. The number of anilines is 1. The molecule has 0 aliphatic heterocycles. The normalized spacial score (nSPS) is 11.3. The highest BCUT2D eigenvalue weighted by molar-refractivity contribution is 7.92. The van der Waals surface area contributed by atoms with Crippen molar-refractivity contribution in [2.24, 2.45) is 0 Å². The number of sulfonamides is 1. The molecule has 0 aliphatic carbocycles. The van der Waals surface area contributed by atoms with Gasteiger partial charge in [-0.05, 0) is 48.9 Å². The summed E-state index contributed by atoms with van der Waals surface area (Å²) in [4.78, 5) is 0.262. The smallest absolute Gasteiger partial charge is 0.262 e. The van der Waals surface area contributed by atoms with Crippen molar-refractivity contribution in [2.45, 2.75) is 18.4 Å². The average molecular weight is 372 g/mol. The molecule has 0 bridgehead atoms. The number of halogens is 1. The molecule has 3 aromatic rings. The summed E-state index contributed by atoms with van der Waals surface area (Å²) >= 11 is 6.06. The van der Waals surface area contributed by atoms with Crippen LogP contribution in [0.2, 0.25) is 5.02 Å². The quantitative estimate of drug-likeness (QED) is 0.629. The van der Waals surface area contributed by atoms with Crippen LogP contribution in [0.4, 0.5) is 5.69 Å². The first kappa shape index (κ1) is 17.5. The fourth-order valence-corrected chi connectivity index (χ4v) is 4.23. The summed E-state index contributed by atoms with van der Waals surface area (Å²) in [5, 5.41) is 0.582. The lowest BCUT2D eigenvalue weighted by atomic mass is 10.2. The van der Waals surface area contributed by atoms with E-state index in [1.54, 1.807) is 42.5 Å². The van der Waals surface area contributed by atoms with Crippen LogP contribution in [0.5, 0.6) is 0 Å². The molecule has 3 rings (SSSR count). The van der Waals surface area contributed by atoms with Gasteiger partial charge in [-0.2, -0.15) is 0 Å². The van der Waals surface area contributed by atoms with E-state index in [9.17, 15) is 8.42 Å². The molecule has 0 N–H and O–H groups in total. The predicted molar refractivity (Wildman–Crippen MR) is 102 cm³/mol. The number of hydrogen-bond acceptors (Lipinski definition) is 2. The Morgan fingerprint density at radius 3 is 2.20 bits per heavy atom. The fraction of sp³-hybridized carbons (Fsp3) is 0.100. The third-order valence-corrected chi connectivity index (χ3v) is 5.89. The molecular formula is C20H18ClNO2S. The summed E-state index contributed by atoms with van der Waals surface area (Å²) in [5.41, 5.74) is 2.52. The molecule has 128 valence electrons. The second-order valence-corrected chi connectivity index (χ2v) is 8.09. The van der Waals surface area contributed by atoms with Crippen LogP contribution in [0.3, 0.4) is 0 Å². The number of benzene rings is 3. The molecule has 0 aromatic heterocycles. The maximum Gasteiger partial charge on any atom is 0.264 e. The van der Waals surface area contributed by atoms with E-state index in [0.717, 1.165) is 11.1 Å². The van der Waals surface area contributed by atoms with Gasteiger partial charge in [0.2, 0.25) is 0 Å². The van der Waals surface area contributed by atoms with Crippen LogP contribution >= 0.6 is 11.6 Å². The Hall–Kier alpha value is -2.30. The van der Waals surface area contributed by atoms with Crippen LogP contribution in [0.25, 0.3) is 0 Å². The molecule has 0 heterocycles. The summed E-state index contributed by atoms with van der Waals surface area (Å²) in [7, 11) is -3.69. The van der Waals surface area contributed by atoms with E-state index >= 15 is 0 Å². The minimum absolute atomic E-state index is 0.209. The van der Waals surface area contributed by atoms with Gasteiger partial charge in [0.25, 0.3) is 10.0 Å². The van der Waals surface area contributed by atoms with Crippen LogP contribution < -0.4 is 4.31 Å². The standard InChI is InChI=1S/C20H18ClNO2S/c1-16-10-12-19(13-11-16)22(15-17-6-5-7-18(21)14-17)25(23,24)20-8-3-2-4-9-20/h2-14H,15H2,1H3. The molecule has 25 heavy (non-hydrogen) atoms. The SMILES string of the molecule is Cc1ccc(N(Cc2cccc(Cl)c2)S(=O)(=O)c2ccccc2)cc1. The van der Waals surface area contributed by atoms with Crippen molar-refractivity contribution in [1.82, 2.24) is 0 Å². The highest BCUT2D eigenvalue weighted by Gasteiger charge is 2.25. The number of hydrogen-bond donors (Lipinski definition) is 0. The van der Waals surface area contributed by atoms with Gasteiger partial charge in [0.15, 0.2) is 0 Å². The van der Waals surface area contributed by atoms with E-state index in [4.69, 9.17) is 11.6 Å². The third-order valence-electron chi connectivity index (χ3n) is 3.87. The van der Waals surface area contributed by atoms with Crippen molar-refractivity contribution < 1.29 is 8.42 Å². The molecule has 0 atom stereocenters. The molecule has 0 amide bonds. The monoisotopic (exact) mass is 371 g/mol. The van der Waals surface area contributed by atoms with E-state index in [2.05, 4.69) is 0 Å². The fourth-order valence-electron chi connectivity index (χ4n) is 2.55. The van der Waals surface area contributed by atoms with Crippen LogP contribution in [0.1, 0.15) is 11.1 Å². The van der Waals surface area contributed by atoms with E-state index in [0.29, 0.717) is 10.7 Å². The lowest BCUT2D eigenvalue weighted by Crippen LogP contribution is -2.30. The lowest BCUT2D eigenvalue weighted by molar-refractivity contribution is 0.590. The van der Waals surface area contributed by atoms with Gasteiger partial charge in [-0.15, -0.1) is 0 Å². The molecule has 3 aromatic carbocycles. The van der Waals surface area contributed by atoms with Crippen molar-refractivity contribution >= 4 is 27.3 Å². The summed E-state index contributed by atoms with van der Waals surface area (Å²) in [6.07, 6.45) is 0. The number of nitrogens with zero attached hydrogens (tertiary/aromatic N) is 1. The van der Waals surface area contributed by atoms with E-state index in [1.807, 2.05) is 43.3 Å². The Bertz CT molecular complexity index is 955. The van der Waals surface area contributed by atoms with Crippen molar-refractivity contribution in [3.8, 4) is 0 Å². The van der Waals surface area contributed by atoms with Gasteiger partial charge in [0.1, 0.15) is 0 Å². The summed E-state index contributed by atoms with van der Waals surface area (Å²) in [5.74, 6) is 0. The predicted octanol–water partition coefficient (Wildman–Crippen LogP) is 5.04. The molecule has 0 unspecified atom stereocenters. The zero-order chi connectivity index (χ0) is 17.9. The third kappa shape index (κ3) is 4.03. The molecule has 3 nitrogen and oxygen atoms in total. The first-order chi connectivity index (χ1) is 12.0. The van der Waals surface area contributed by atoms with Crippen molar-refractivity contribution in [1.29, 1.82) is 0 Å². The Balaban J connectivity index is 2.07. The average Bonchev–Trinajstić information content (AvgIpc) is 2.61. The van der Waals surface area contributed by atoms with Gasteiger partial charge in [0.05, 0.1) is 17.1 Å². The van der Waals surface area contributed by atoms with E-state index < -0.39 is 10.0 Å². The topological polar surface area (TPSA) is 37.4 Å². The van der Waals surface area contributed by atoms with E-state index in [-0.39, 0.29) is 11.4 Å². The molecular weight excluding hydrogens is 354 g/mol. The molecule has 0 saturated carbocycles. The first-order valence-electron chi connectivity index (χ1n) is 7.86. The maximum absolute atomic E-state index is 13.2. The zero-order valence-corrected chi connectivity index (χ0v) is 15.3. The van der Waals surface area contributed by atoms with Gasteiger partial charge in [0, 0.05) is 5.02 Å². The van der Waals surface area contributed by atoms with Crippen LogP contribution in [0.15, 0.2) is 83.8 Å². The van der Waals surface area contributed by atoms with Crippen LogP contribution in [0, 0.1) is 6.92 Å². The van der Waals surface area contributed by atoms with Crippen molar-refractivity contribution in [2.75, 3.05) is 4.31 Å². The molecule has 5 heteroatoms. The maximum atomic E-state index is 13.2. The Kier molecular flexibility index (Phi) is 5.11. The summed E-state index contributed by atoms with van der Waals surface area (Å²) in [6.45, 7) is 2.18. The van der Waals surface area contributed by atoms with Gasteiger partial charge < -0.3 is 0 Å². The minimum atomic E-state index is -3.69. The van der Waals surface area contributed by atoms with Crippen LogP contribution in [-0.4, -0.2) is 8.42 Å². The molecule has 0 radical (unpaired) electrons. The molecule has 0 saturated heterocycles. The largest absolute Gasteiger partial charge is 0.264 e. The lowest BCUT2D eigenvalue weighted by Gasteiger charge is -2.25. The molecule has 0 fully saturated rings. The second kappa shape index (κ2) is 7.30. The highest BCUT2D eigenvalue weighted by atomic mass is 35.5. The van der Waals surface area contributed by atoms with Gasteiger partial charge in [-0.25, -0.2) is 8.42 Å². The minimum Gasteiger partial charge on any atom is -0.262 e. The van der Waals surface area contributed by atoms with Crippen molar-refractivity contribution in [3.63, 3.8) is 0 Å². The number of rotatable bonds is 5. The Labute approximate surface area is 153 Å². The highest BCUT2D eigenvalue weighted by Crippen LogP contribution is 2.26. The van der Waals surface area contributed by atoms with Gasteiger partial charge >= 0.3 is 0 Å². The first-order valence-corrected chi connectivity index (χ1v) is 9.67. The molecule has 0 spiro atoms. The second-order valence-electron chi connectivity index (χ2n) is 5.79. The Morgan fingerprint density at radius 2 is 1.56 bits per heavy atom. The van der Waals surface area contributed by atoms with E-state index in [1.165, 1.54) is 4.31 Å². The van der Waals surface area contributed by atoms with Gasteiger partial charge in [-0.1, -0.05) is 59.6 Å². The van der Waals surface area contributed by atoms with Gasteiger partial charge in [-0.3, -0.25) is 4.31 Å². The molecule has 0 aliphatic rings. The Morgan fingerprint density at radius 1 is 0.880 bits per heavy atom. The summed E-state index contributed by atoms with van der Waals surface area (Å²) in [6, 6.07) is 23.1. The summed E-state index contributed by atoms with van der Waals surface area (Å²) < 4.78 is 27.8.